The summed E-state index contributed by atoms with van der Waals surface area (Å²) >= 11 is 3.45. The summed E-state index contributed by atoms with van der Waals surface area (Å²) in [5, 5.41) is 0.568. The molecule has 0 saturated carbocycles. The lowest BCUT2D eigenvalue weighted by molar-refractivity contribution is 0.623. The fraction of sp³-hybridized carbons (Fsp3) is 0.176. The monoisotopic (exact) mass is 357 g/mol. The van der Waals surface area contributed by atoms with E-state index in [1.54, 1.807) is 4.57 Å². The van der Waals surface area contributed by atoms with Gasteiger partial charge < -0.3 is 5.73 Å². The first-order valence-electron chi connectivity index (χ1n) is 7.15. The van der Waals surface area contributed by atoms with Crippen LogP contribution >= 0.6 is 15.9 Å². The minimum atomic E-state index is -0.295. The second-order valence-corrected chi connectivity index (χ2v) is 5.95. The van der Waals surface area contributed by atoms with E-state index in [1.807, 2.05) is 55.5 Å². The second kappa shape index (κ2) is 6.02. The summed E-state index contributed by atoms with van der Waals surface area (Å²) < 4.78 is 2.35. The van der Waals surface area contributed by atoms with Gasteiger partial charge in [0.05, 0.1) is 22.6 Å². The summed E-state index contributed by atoms with van der Waals surface area (Å²) in [7, 11) is 0. The zero-order chi connectivity index (χ0) is 15.7. The maximum absolute atomic E-state index is 13.0. The molecule has 22 heavy (non-hydrogen) atoms. The van der Waals surface area contributed by atoms with E-state index in [0.717, 1.165) is 10.2 Å². The van der Waals surface area contributed by atoms with Crippen LogP contribution in [0.25, 0.3) is 16.6 Å². The molecule has 0 amide bonds. The number of rotatable bonds is 3. The van der Waals surface area contributed by atoms with Gasteiger partial charge in [-0.05, 0) is 46.6 Å². The lowest BCUT2D eigenvalue weighted by Crippen LogP contribution is -2.28. The Balaban J connectivity index is 2.44. The summed E-state index contributed by atoms with van der Waals surface area (Å²) in [6, 6.07) is 14.7. The van der Waals surface area contributed by atoms with Crippen molar-refractivity contribution in [3.05, 3.63) is 69.2 Å². The molecular weight excluding hydrogens is 342 g/mol. The van der Waals surface area contributed by atoms with Crippen LogP contribution in [0.2, 0.25) is 0 Å². The van der Waals surface area contributed by atoms with Crippen molar-refractivity contribution in [1.82, 2.24) is 9.55 Å². The molecule has 0 bridgehead atoms. The van der Waals surface area contributed by atoms with Crippen molar-refractivity contribution in [2.75, 3.05) is 0 Å². The van der Waals surface area contributed by atoms with Gasteiger partial charge in [-0.1, -0.05) is 31.2 Å². The first-order chi connectivity index (χ1) is 10.6. The normalized spacial score (nSPS) is 12.5. The van der Waals surface area contributed by atoms with Crippen LogP contribution in [0.5, 0.6) is 0 Å². The van der Waals surface area contributed by atoms with Crippen LogP contribution in [0, 0.1) is 0 Å². The largest absolute Gasteiger partial charge is 0.321 e. The Labute approximate surface area is 136 Å². The van der Waals surface area contributed by atoms with Gasteiger partial charge in [-0.15, -0.1) is 0 Å². The first kappa shape index (κ1) is 14.9. The average molecular weight is 358 g/mol. The molecule has 1 heterocycles. The zero-order valence-corrected chi connectivity index (χ0v) is 13.7. The van der Waals surface area contributed by atoms with Crippen molar-refractivity contribution in [2.45, 2.75) is 19.4 Å². The molecule has 4 nitrogen and oxygen atoms in total. The van der Waals surface area contributed by atoms with Crippen LogP contribution in [-0.4, -0.2) is 9.55 Å². The third-order valence-electron chi connectivity index (χ3n) is 3.66. The maximum atomic E-state index is 13.0. The molecule has 2 aromatic carbocycles. The van der Waals surface area contributed by atoms with E-state index in [0.29, 0.717) is 23.1 Å². The summed E-state index contributed by atoms with van der Waals surface area (Å²) in [6.07, 6.45) is 0.707. The topological polar surface area (TPSA) is 60.9 Å². The second-order valence-electron chi connectivity index (χ2n) is 5.09. The van der Waals surface area contributed by atoms with E-state index in [4.69, 9.17) is 5.73 Å². The van der Waals surface area contributed by atoms with E-state index < -0.39 is 0 Å². The lowest BCUT2D eigenvalue weighted by atomic mass is 10.1. The Bertz CT molecular complexity index is 874. The Hall–Kier alpha value is -1.98. The van der Waals surface area contributed by atoms with E-state index in [-0.39, 0.29) is 11.6 Å². The molecule has 0 aliphatic rings. The number of para-hydroxylation sites is 1. The predicted octanol–water partition coefficient (Wildman–Crippen LogP) is 3.56. The van der Waals surface area contributed by atoms with Crippen LogP contribution < -0.4 is 11.3 Å². The van der Waals surface area contributed by atoms with Crippen LogP contribution in [0.15, 0.2) is 57.8 Å². The predicted molar refractivity (Wildman–Crippen MR) is 92.3 cm³/mol. The SMILES string of the molecule is CCC(N)c1nc2cccc(Br)c2c(=O)n1-c1ccccc1. The quantitative estimate of drug-likeness (QED) is 0.779. The highest BCUT2D eigenvalue weighted by Gasteiger charge is 2.18. The van der Waals surface area contributed by atoms with Crippen molar-refractivity contribution >= 4 is 26.8 Å². The molecule has 1 atom stereocenters. The fourth-order valence-electron chi connectivity index (χ4n) is 2.46. The Morgan fingerprint density at radius 1 is 1.18 bits per heavy atom. The van der Waals surface area contributed by atoms with Crippen molar-refractivity contribution in [3.8, 4) is 5.69 Å². The molecule has 3 aromatic rings. The molecule has 1 aromatic heterocycles. The van der Waals surface area contributed by atoms with Gasteiger partial charge in [-0.2, -0.15) is 0 Å². The van der Waals surface area contributed by atoms with E-state index in [2.05, 4.69) is 20.9 Å². The summed E-state index contributed by atoms with van der Waals surface area (Å²) in [6.45, 7) is 1.98. The highest BCUT2D eigenvalue weighted by Crippen LogP contribution is 2.23. The lowest BCUT2D eigenvalue weighted by Gasteiger charge is -2.17. The Morgan fingerprint density at radius 3 is 2.59 bits per heavy atom. The van der Waals surface area contributed by atoms with Gasteiger partial charge in [0, 0.05) is 4.47 Å². The Morgan fingerprint density at radius 2 is 1.91 bits per heavy atom. The van der Waals surface area contributed by atoms with Gasteiger partial charge in [0.1, 0.15) is 5.82 Å². The molecule has 2 N–H and O–H groups in total. The molecule has 112 valence electrons. The van der Waals surface area contributed by atoms with Crippen LogP contribution in [-0.2, 0) is 0 Å². The maximum Gasteiger partial charge on any atom is 0.267 e. The number of nitrogens with two attached hydrogens (primary N) is 1. The molecule has 0 fully saturated rings. The molecule has 0 radical (unpaired) electrons. The Kier molecular flexibility index (Phi) is 4.09. The summed E-state index contributed by atoms with van der Waals surface area (Å²) in [5.41, 5.74) is 7.52. The highest BCUT2D eigenvalue weighted by atomic mass is 79.9. The average Bonchev–Trinajstić information content (AvgIpc) is 2.54. The molecule has 3 rings (SSSR count). The van der Waals surface area contributed by atoms with Crippen LogP contribution in [0.4, 0.5) is 0 Å². The number of halogens is 1. The first-order valence-corrected chi connectivity index (χ1v) is 7.95. The smallest absolute Gasteiger partial charge is 0.267 e. The molecule has 0 aliphatic carbocycles. The van der Waals surface area contributed by atoms with E-state index >= 15 is 0 Å². The number of hydrogen-bond acceptors (Lipinski definition) is 3. The molecule has 0 saturated heterocycles. The molecular formula is C17H16BrN3O. The van der Waals surface area contributed by atoms with Gasteiger partial charge in [0.2, 0.25) is 0 Å². The van der Waals surface area contributed by atoms with E-state index in [1.165, 1.54) is 0 Å². The highest BCUT2D eigenvalue weighted by molar-refractivity contribution is 9.10. The fourth-order valence-corrected chi connectivity index (χ4v) is 2.99. The van der Waals surface area contributed by atoms with Crippen molar-refractivity contribution in [1.29, 1.82) is 0 Å². The van der Waals surface area contributed by atoms with Crippen LogP contribution in [0.3, 0.4) is 0 Å². The van der Waals surface area contributed by atoms with Crippen molar-refractivity contribution < 1.29 is 0 Å². The zero-order valence-electron chi connectivity index (χ0n) is 12.2. The van der Waals surface area contributed by atoms with Gasteiger partial charge in [0.25, 0.3) is 5.56 Å². The summed E-state index contributed by atoms with van der Waals surface area (Å²) in [5.74, 6) is 0.587. The number of nitrogens with zero attached hydrogens (tertiary/aromatic N) is 2. The minimum Gasteiger partial charge on any atom is -0.321 e. The van der Waals surface area contributed by atoms with Crippen molar-refractivity contribution in [3.63, 3.8) is 0 Å². The molecule has 0 aliphatic heterocycles. The van der Waals surface area contributed by atoms with Crippen LogP contribution in [0.1, 0.15) is 25.2 Å². The third-order valence-corrected chi connectivity index (χ3v) is 4.32. The van der Waals surface area contributed by atoms with Gasteiger partial charge >= 0.3 is 0 Å². The van der Waals surface area contributed by atoms with Gasteiger partial charge in [0.15, 0.2) is 0 Å². The van der Waals surface area contributed by atoms with Gasteiger partial charge in [-0.25, -0.2) is 4.98 Å². The third kappa shape index (κ3) is 2.46. The molecule has 1 unspecified atom stereocenters. The van der Waals surface area contributed by atoms with Gasteiger partial charge in [-0.3, -0.25) is 9.36 Å². The molecule has 0 spiro atoms. The van der Waals surface area contributed by atoms with E-state index in [9.17, 15) is 4.79 Å². The number of aromatic nitrogens is 2. The standard InChI is InChI=1S/C17H16BrN3O/c1-2-13(19)16-20-14-10-6-9-12(18)15(14)17(22)21(16)11-7-4-3-5-8-11/h3-10,13H,2,19H2,1H3. The number of benzene rings is 2. The minimum absolute atomic E-state index is 0.109. The summed E-state index contributed by atoms with van der Waals surface area (Å²) in [4.78, 5) is 17.7. The number of fused-ring (bicyclic) bond motifs is 1. The van der Waals surface area contributed by atoms with Crippen molar-refractivity contribution in [2.24, 2.45) is 5.73 Å². The number of hydrogen-bond donors (Lipinski definition) is 1. The molecule has 5 heteroatoms.